The molecule has 1 aliphatic rings. The number of halogens is 1. The Balaban J connectivity index is 1.38. The number of rotatable bonds is 6. The second kappa shape index (κ2) is 9.90. The molecule has 180 valence electrons. The molecule has 1 amide bonds. The van der Waals surface area contributed by atoms with Crippen LogP contribution in [0.1, 0.15) is 57.9 Å². The van der Waals surface area contributed by atoms with Crippen LogP contribution >= 0.6 is 0 Å². The van der Waals surface area contributed by atoms with Crippen molar-refractivity contribution < 1.29 is 13.7 Å². The number of aromatic nitrogens is 2. The van der Waals surface area contributed by atoms with Crippen molar-refractivity contribution in [2.75, 3.05) is 6.54 Å². The lowest BCUT2D eigenvalue weighted by molar-refractivity contribution is 0.0954. The van der Waals surface area contributed by atoms with Crippen LogP contribution in [-0.4, -0.2) is 22.2 Å². The molecule has 0 saturated carbocycles. The lowest BCUT2D eigenvalue weighted by Crippen LogP contribution is -2.25. The normalized spacial score (nSPS) is 13.3. The minimum atomic E-state index is -0.238. The van der Waals surface area contributed by atoms with E-state index in [1.807, 2.05) is 50.2 Å². The summed E-state index contributed by atoms with van der Waals surface area (Å²) in [5, 5.41) is 6.96. The molecule has 0 bridgehead atoms. The van der Waals surface area contributed by atoms with E-state index in [9.17, 15) is 9.18 Å². The topological polar surface area (TPSA) is 60.1 Å². The van der Waals surface area contributed by atoms with Crippen molar-refractivity contribution in [1.29, 1.82) is 0 Å². The molecule has 0 radical (unpaired) electrons. The Morgan fingerprint density at radius 1 is 1.03 bits per heavy atom. The maximum absolute atomic E-state index is 13.6. The molecule has 6 heteroatoms. The highest BCUT2D eigenvalue weighted by atomic mass is 19.1. The Morgan fingerprint density at radius 3 is 2.49 bits per heavy atom. The monoisotopic (exact) mass is 471 g/mol. The summed E-state index contributed by atoms with van der Waals surface area (Å²) >= 11 is 0. The van der Waals surface area contributed by atoms with Crippen molar-refractivity contribution >= 4 is 5.91 Å². The predicted molar refractivity (Wildman–Crippen MR) is 134 cm³/mol. The third kappa shape index (κ3) is 4.78. The number of fused-ring (bicyclic) bond motifs is 1. The maximum Gasteiger partial charge on any atom is 0.251 e. The van der Waals surface area contributed by atoms with Gasteiger partial charge in [-0.2, -0.15) is 0 Å². The predicted octanol–water partition coefficient (Wildman–Crippen LogP) is 6.13. The molecule has 0 spiro atoms. The summed E-state index contributed by atoms with van der Waals surface area (Å²) < 4.78 is 21.1. The van der Waals surface area contributed by atoms with E-state index < -0.39 is 0 Å². The summed E-state index contributed by atoms with van der Waals surface area (Å²) in [4.78, 5) is 12.7. The lowest BCUT2D eigenvalue weighted by atomic mass is 10.1. The average molecular weight is 472 g/mol. The molecule has 2 aromatic carbocycles. The number of hydrogen-bond acceptors (Lipinski definition) is 3. The van der Waals surface area contributed by atoms with E-state index in [1.165, 1.54) is 36.2 Å². The van der Waals surface area contributed by atoms with Crippen molar-refractivity contribution in [2.24, 2.45) is 0 Å². The van der Waals surface area contributed by atoms with Gasteiger partial charge in [-0.1, -0.05) is 11.6 Å². The molecule has 1 N–H and O–H groups in total. The summed E-state index contributed by atoms with van der Waals surface area (Å²) in [6, 6.07) is 16.7. The zero-order chi connectivity index (χ0) is 24.4. The molecule has 0 fully saturated rings. The second-order valence-electron chi connectivity index (χ2n) is 9.26. The largest absolute Gasteiger partial charge is 0.361 e. The van der Waals surface area contributed by atoms with E-state index in [-0.39, 0.29) is 11.7 Å². The van der Waals surface area contributed by atoms with Gasteiger partial charge in [0.05, 0.1) is 11.4 Å². The van der Waals surface area contributed by atoms with E-state index in [0.717, 1.165) is 53.2 Å². The molecule has 35 heavy (non-hydrogen) atoms. The van der Waals surface area contributed by atoms with E-state index >= 15 is 0 Å². The zero-order valence-electron chi connectivity index (χ0n) is 20.2. The summed E-state index contributed by atoms with van der Waals surface area (Å²) in [6.07, 6.45) is 6.33. The summed E-state index contributed by atoms with van der Waals surface area (Å²) in [5.41, 5.74) is 8.27. The van der Waals surface area contributed by atoms with Gasteiger partial charge in [0.1, 0.15) is 11.6 Å². The van der Waals surface area contributed by atoms with E-state index in [4.69, 9.17) is 4.52 Å². The van der Waals surface area contributed by atoms with Gasteiger partial charge in [-0.25, -0.2) is 4.39 Å². The van der Waals surface area contributed by atoms with Gasteiger partial charge in [-0.15, -0.1) is 0 Å². The van der Waals surface area contributed by atoms with Crippen LogP contribution in [0.25, 0.3) is 16.9 Å². The first kappa shape index (κ1) is 23.1. The van der Waals surface area contributed by atoms with Gasteiger partial charge in [0, 0.05) is 29.1 Å². The van der Waals surface area contributed by atoms with Gasteiger partial charge < -0.3 is 14.4 Å². The Labute approximate surface area is 205 Å². The van der Waals surface area contributed by atoms with Gasteiger partial charge in [0.15, 0.2) is 0 Å². The number of benzene rings is 2. The number of aryl methyl sites for hydroxylation is 3. The first-order valence-corrected chi connectivity index (χ1v) is 12.3. The Kier molecular flexibility index (Phi) is 6.53. The highest BCUT2D eigenvalue weighted by molar-refractivity contribution is 5.94. The minimum absolute atomic E-state index is 0.103. The fraction of sp³-hybridized carbons (Fsp3) is 0.310. The standard InChI is InChI=1S/C29H30FN3O2/c1-19-26(20(2)35-32-19)16-17-31-29(34)22-10-14-25(15-11-22)33-27-7-5-3-4-6-23(27)18-28(33)21-8-12-24(30)13-9-21/h8-15,18H,3-7,16-17H2,1-2H3,(H,31,34). The highest BCUT2D eigenvalue weighted by Gasteiger charge is 2.20. The lowest BCUT2D eigenvalue weighted by Gasteiger charge is -2.15. The highest BCUT2D eigenvalue weighted by Crippen LogP contribution is 2.33. The van der Waals surface area contributed by atoms with Gasteiger partial charge in [-0.05, 0) is 112 Å². The van der Waals surface area contributed by atoms with Crippen molar-refractivity contribution in [3.8, 4) is 16.9 Å². The molecule has 2 heterocycles. The third-order valence-electron chi connectivity index (χ3n) is 6.92. The van der Waals surface area contributed by atoms with Crippen LogP contribution in [0, 0.1) is 19.7 Å². The molecule has 5 nitrogen and oxygen atoms in total. The van der Waals surface area contributed by atoms with Crippen LogP contribution in [0.5, 0.6) is 0 Å². The third-order valence-corrected chi connectivity index (χ3v) is 6.92. The first-order valence-electron chi connectivity index (χ1n) is 12.3. The van der Waals surface area contributed by atoms with Crippen LogP contribution in [0.15, 0.2) is 59.1 Å². The molecule has 0 saturated heterocycles. The quantitative estimate of drug-likeness (QED) is 0.344. The molecule has 1 aliphatic carbocycles. The SMILES string of the molecule is Cc1noc(C)c1CCNC(=O)c1ccc(-n2c(-c3ccc(F)cc3)cc3c2CCCCC3)cc1. The Bertz CT molecular complexity index is 1310. The smallest absolute Gasteiger partial charge is 0.251 e. The molecule has 5 rings (SSSR count). The van der Waals surface area contributed by atoms with Crippen molar-refractivity contribution in [3.05, 3.63) is 94.3 Å². The van der Waals surface area contributed by atoms with Crippen LogP contribution in [-0.2, 0) is 19.3 Å². The van der Waals surface area contributed by atoms with Crippen molar-refractivity contribution in [3.63, 3.8) is 0 Å². The zero-order valence-corrected chi connectivity index (χ0v) is 20.2. The summed E-state index contributed by atoms with van der Waals surface area (Å²) in [7, 11) is 0. The van der Waals surface area contributed by atoms with Gasteiger partial charge >= 0.3 is 0 Å². The fourth-order valence-electron chi connectivity index (χ4n) is 5.03. The van der Waals surface area contributed by atoms with E-state index in [2.05, 4.69) is 21.1 Å². The van der Waals surface area contributed by atoms with E-state index in [1.54, 1.807) is 0 Å². The van der Waals surface area contributed by atoms with E-state index in [0.29, 0.717) is 18.5 Å². The van der Waals surface area contributed by atoms with Crippen molar-refractivity contribution in [2.45, 2.75) is 52.4 Å². The molecule has 2 aromatic heterocycles. The van der Waals surface area contributed by atoms with Crippen LogP contribution in [0.3, 0.4) is 0 Å². The molecule has 0 unspecified atom stereocenters. The summed E-state index contributed by atoms with van der Waals surface area (Å²) in [5.74, 6) is 0.454. The molecular weight excluding hydrogens is 441 g/mol. The molecular formula is C29H30FN3O2. The fourth-order valence-corrected chi connectivity index (χ4v) is 5.03. The van der Waals surface area contributed by atoms with Crippen LogP contribution < -0.4 is 5.32 Å². The van der Waals surface area contributed by atoms with Gasteiger partial charge in [0.25, 0.3) is 5.91 Å². The number of amides is 1. The van der Waals surface area contributed by atoms with Crippen LogP contribution in [0.4, 0.5) is 4.39 Å². The van der Waals surface area contributed by atoms with Gasteiger partial charge in [0.2, 0.25) is 0 Å². The molecule has 0 aliphatic heterocycles. The Morgan fingerprint density at radius 2 is 1.77 bits per heavy atom. The van der Waals surface area contributed by atoms with Gasteiger partial charge in [-0.3, -0.25) is 4.79 Å². The molecule has 0 atom stereocenters. The number of hydrogen-bond donors (Lipinski definition) is 1. The first-order chi connectivity index (χ1) is 17.0. The maximum atomic E-state index is 13.6. The minimum Gasteiger partial charge on any atom is -0.361 e. The second-order valence-corrected chi connectivity index (χ2v) is 9.26. The number of nitrogens with one attached hydrogen (secondary N) is 1. The number of carbonyl (C=O) groups excluding carboxylic acids is 1. The molecule has 4 aromatic rings. The Hall–Kier alpha value is -3.67. The summed E-state index contributed by atoms with van der Waals surface area (Å²) in [6.45, 7) is 4.32. The van der Waals surface area contributed by atoms with Crippen LogP contribution in [0.2, 0.25) is 0 Å². The number of nitrogens with zero attached hydrogens (tertiary/aromatic N) is 2. The average Bonchev–Trinajstić information content (AvgIpc) is 3.29. The van der Waals surface area contributed by atoms with Crippen molar-refractivity contribution in [1.82, 2.24) is 15.0 Å². The number of carbonyl (C=O) groups is 1.